The van der Waals surface area contributed by atoms with Crippen molar-refractivity contribution in [2.24, 2.45) is 0 Å². The number of amides is 3. The van der Waals surface area contributed by atoms with E-state index in [1.165, 1.54) is 16.7 Å². The van der Waals surface area contributed by atoms with Gasteiger partial charge >= 0.3 is 6.03 Å². The third kappa shape index (κ3) is 1.92. The Morgan fingerprint density at radius 3 is 2.36 bits per heavy atom. The number of carbonyl (C=O) groups is 3. The molecule has 0 aromatic carbocycles. The number of Topliss-reactive ketones (excluding diaryl/α,β-unsaturated/α-hetero) is 1. The fourth-order valence-electron chi connectivity index (χ4n) is 1.47. The smallest absolute Gasteiger partial charge is 0.308 e. The maximum Gasteiger partial charge on any atom is 0.327 e. The minimum absolute atomic E-state index is 0.0216. The number of hydrogen-bond donors (Lipinski definition) is 0. The molecule has 0 aromatic heterocycles. The van der Waals surface area contributed by atoms with Crippen molar-refractivity contribution in [2.75, 3.05) is 13.1 Å². The lowest BCUT2D eigenvalue weighted by atomic mass is 10.3. The summed E-state index contributed by atoms with van der Waals surface area (Å²) >= 11 is 0. The summed E-state index contributed by atoms with van der Waals surface area (Å²) in [5.74, 6) is -0.344. The predicted octanol–water partition coefficient (Wildman–Crippen LogP) is 0.248. The number of carbonyl (C=O) groups excluding carboxylic acids is 3. The molecule has 1 fully saturated rings. The van der Waals surface area contributed by atoms with Gasteiger partial charge in [0.1, 0.15) is 12.3 Å². The Balaban J connectivity index is 2.74. The molecule has 5 nitrogen and oxygen atoms in total. The van der Waals surface area contributed by atoms with Gasteiger partial charge in [0.25, 0.3) is 5.91 Å². The van der Waals surface area contributed by atoms with Gasteiger partial charge in [-0.3, -0.25) is 14.5 Å². The van der Waals surface area contributed by atoms with Gasteiger partial charge in [0.05, 0.1) is 6.54 Å². The fourth-order valence-corrected chi connectivity index (χ4v) is 1.47. The number of imide groups is 1. The second kappa shape index (κ2) is 3.77. The lowest BCUT2D eigenvalue weighted by Crippen LogP contribution is -2.39. The van der Waals surface area contributed by atoms with Crippen molar-refractivity contribution in [3.8, 4) is 0 Å². The van der Waals surface area contributed by atoms with Crippen LogP contribution in [0.1, 0.15) is 20.8 Å². The van der Waals surface area contributed by atoms with Gasteiger partial charge in [-0.2, -0.15) is 0 Å². The quantitative estimate of drug-likeness (QED) is 0.611. The third-order valence-electron chi connectivity index (χ3n) is 2.00. The number of nitrogens with zero attached hydrogens (tertiary/aromatic N) is 2. The maximum absolute atomic E-state index is 11.6. The molecule has 78 valence electrons. The van der Waals surface area contributed by atoms with Crippen LogP contribution >= 0.6 is 0 Å². The highest BCUT2D eigenvalue weighted by Gasteiger charge is 2.37. The van der Waals surface area contributed by atoms with Gasteiger partial charge in [-0.25, -0.2) is 4.79 Å². The number of hydrogen-bond acceptors (Lipinski definition) is 3. The highest BCUT2D eigenvalue weighted by Crippen LogP contribution is 2.13. The predicted molar refractivity (Wildman–Crippen MR) is 49.6 cm³/mol. The Morgan fingerprint density at radius 2 is 2.00 bits per heavy atom. The zero-order valence-corrected chi connectivity index (χ0v) is 8.61. The molecule has 0 aromatic rings. The molecular weight excluding hydrogens is 184 g/mol. The van der Waals surface area contributed by atoms with E-state index in [1.54, 1.807) is 13.8 Å². The first-order chi connectivity index (χ1) is 6.43. The van der Waals surface area contributed by atoms with Crippen LogP contribution in [-0.4, -0.2) is 46.7 Å². The summed E-state index contributed by atoms with van der Waals surface area (Å²) in [5.41, 5.74) is 0. The van der Waals surface area contributed by atoms with Crippen molar-refractivity contribution in [2.45, 2.75) is 26.8 Å². The highest BCUT2D eigenvalue weighted by molar-refractivity contribution is 6.03. The molecule has 0 saturated carbocycles. The number of rotatable bonds is 3. The maximum atomic E-state index is 11.6. The van der Waals surface area contributed by atoms with Gasteiger partial charge in [-0.1, -0.05) is 0 Å². The summed E-state index contributed by atoms with van der Waals surface area (Å²) in [6, 6.07) is -0.507. The molecule has 1 rings (SSSR count). The van der Waals surface area contributed by atoms with E-state index in [0.29, 0.717) is 0 Å². The molecule has 0 N–H and O–H groups in total. The number of urea groups is 1. The summed E-state index contributed by atoms with van der Waals surface area (Å²) in [4.78, 5) is 36.2. The van der Waals surface area contributed by atoms with E-state index in [9.17, 15) is 14.4 Å². The summed E-state index contributed by atoms with van der Waals surface area (Å²) in [6.45, 7) is 4.99. The second-order valence-corrected chi connectivity index (χ2v) is 3.70. The molecule has 1 aliphatic rings. The van der Waals surface area contributed by atoms with Gasteiger partial charge < -0.3 is 4.90 Å². The molecule has 0 radical (unpaired) electrons. The van der Waals surface area contributed by atoms with Gasteiger partial charge in [0.15, 0.2) is 0 Å². The first-order valence-corrected chi connectivity index (χ1v) is 4.54. The van der Waals surface area contributed by atoms with Crippen molar-refractivity contribution >= 4 is 17.7 Å². The van der Waals surface area contributed by atoms with Crippen LogP contribution in [-0.2, 0) is 9.59 Å². The van der Waals surface area contributed by atoms with Crippen LogP contribution in [0.2, 0.25) is 0 Å². The molecule has 5 heteroatoms. The third-order valence-corrected chi connectivity index (χ3v) is 2.00. The monoisotopic (exact) mass is 198 g/mol. The first kappa shape index (κ1) is 10.7. The van der Waals surface area contributed by atoms with Crippen molar-refractivity contribution in [3.05, 3.63) is 0 Å². The van der Waals surface area contributed by atoms with E-state index in [0.717, 1.165) is 0 Å². The Kier molecular flexibility index (Phi) is 2.88. The molecule has 0 aliphatic carbocycles. The van der Waals surface area contributed by atoms with Gasteiger partial charge in [0, 0.05) is 6.04 Å². The molecule has 1 heterocycles. The van der Waals surface area contributed by atoms with Crippen molar-refractivity contribution in [3.63, 3.8) is 0 Å². The second-order valence-electron chi connectivity index (χ2n) is 3.70. The molecule has 1 aliphatic heterocycles. The van der Waals surface area contributed by atoms with Gasteiger partial charge in [-0.05, 0) is 20.8 Å². The number of ketones is 1. The lowest BCUT2D eigenvalue weighted by molar-refractivity contribution is -0.126. The Labute approximate surface area is 82.7 Å². The lowest BCUT2D eigenvalue weighted by Gasteiger charge is -2.18. The van der Waals surface area contributed by atoms with Gasteiger partial charge in [-0.15, -0.1) is 0 Å². The molecule has 0 atom stereocenters. The van der Waals surface area contributed by atoms with E-state index >= 15 is 0 Å². The minimum Gasteiger partial charge on any atom is -0.308 e. The largest absolute Gasteiger partial charge is 0.327 e. The average molecular weight is 198 g/mol. The van der Waals surface area contributed by atoms with Crippen molar-refractivity contribution < 1.29 is 14.4 Å². The van der Waals surface area contributed by atoms with Crippen LogP contribution in [0, 0.1) is 0 Å². The van der Waals surface area contributed by atoms with E-state index in [1.807, 2.05) is 0 Å². The van der Waals surface area contributed by atoms with Crippen LogP contribution in [0.25, 0.3) is 0 Å². The Hall–Kier alpha value is -1.39. The fraction of sp³-hybridized carbons (Fsp3) is 0.667. The minimum atomic E-state index is -0.361. The summed E-state index contributed by atoms with van der Waals surface area (Å²) in [7, 11) is 0. The van der Waals surface area contributed by atoms with E-state index in [4.69, 9.17) is 0 Å². The van der Waals surface area contributed by atoms with Crippen LogP contribution in [0.5, 0.6) is 0 Å². The Bertz CT molecular complexity index is 286. The van der Waals surface area contributed by atoms with Crippen LogP contribution in [0.4, 0.5) is 4.79 Å². The molecule has 0 unspecified atom stereocenters. The van der Waals surface area contributed by atoms with Gasteiger partial charge in [0.2, 0.25) is 0 Å². The zero-order chi connectivity index (χ0) is 10.9. The topological polar surface area (TPSA) is 57.7 Å². The SMILES string of the molecule is CC(=O)CN1CC(=O)N(C(C)C)C1=O. The van der Waals surface area contributed by atoms with E-state index < -0.39 is 0 Å². The molecule has 0 spiro atoms. The average Bonchev–Trinajstić information content (AvgIpc) is 2.25. The van der Waals surface area contributed by atoms with Crippen LogP contribution < -0.4 is 0 Å². The van der Waals surface area contributed by atoms with Crippen molar-refractivity contribution in [1.29, 1.82) is 0 Å². The van der Waals surface area contributed by atoms with E-state index in [2.05, 4.69) is 0 Å². The van der Waals surface area contributed by atoms with E-state index in [-0.39, 0.29) is 36.9 Å². The zero-order valence-electron chi connectivity index (χ0n) is 8.61. The Morgan fingerprint density at radius 1 is 1.43 bits per heavy atom. The molecule has 0 bridgehead atoms. The van der Waals surface area contributed by atoms with Crippen LogP contribution in [0.3, 0.4) is 0 Å². The summed E-state index contributed by atoms with van der Waals surface area (Å²) in [6.07, 6.45) is 0. The standard InChI is InChI=1S/C9H14N2O3/c1-6(2)11-8(13)5-10(9(11)14)4-7(3)12/h6H,4-5H2,1-3H3. The van der Waals surface area contributed by atoms with Crippen LogP contribution in [0.15, 0.2) is 0 Å². The molecule has 3 amide bonds. The molecular formula is C9H14N2O3. The normalized spacial score (nSPS) is 17.1. The van der Waals surface area contributed by atoms with Crippen molar-refractivity contribution in [1.82, 2.24) is 9.80 Å². The summed E-state index contributed by atoms with van der Waals surface area (Å²) < 4.78 is 0. The molecule has 1 saturated heterocycles. The summed E-state index contributed by atoms with van der Waals surface area (Å²) in [5, 5.41) is 0. The highest BCUT2D eigenvalue weighted by atomic mass is 16.2. The molecule has 14 heavy (non-hydrogen) atoms. The first-order valence-electron chi connectivity index (χ1n) is 4.54.